The van der Waals surface area contributed by atoms with Crippen LogP contribution in [-0.4, -0.2) is 15.1 Å². The molecular formula is C8H4Cl2N2O. The second-order valence-electron chi connectivity index (χ2n) is 2.47. The highest BCUT2D eigenvalue weighted by Crippen LogP contribution is 2.22. The van der Waals surface area contributed by atoms with Crippen molar-refractivity contribution in [3.63, 3.8) is 0 Å². The van der Waals surface area contributed by atoms with Crippen molar-refractivity contribution in [2.45, 2.75) is 0 Å². The van der Waals surface area contributed by atoms with Gasteiger partial charge in [0.25, 0.3) is 0 Å². The number of fused-ring (bicyclic) bond motifs is 1. The fourth-order valence-electron chi connectivity index (χ4n) is 1.16. The molecule has 2 rings (SSSR count). The number of para-hydroxylation sites is 1. The van der Waals surface area contributed by atoms with Crippen LogP contribution in [0.5, 0.6) is 0 Å². The smallest absolute Gasteiger partial charge is 0.253 e. The normalized spacial score (nSPS) is 10.6. The number of carbonyl (C=O) groups excluding carboxylic acids is 1. The molecule has 3 nitrogen and oxygen atoms in total. The van der Waals surface area contributed by atoms with Crippen LogP contribution in [0.3, 0.4) is 0 Å². The van der Waals surface area contributed by atoms with Crippen molar-refractivity contribution >= 4 is 39.5 Å². The van der Waals surface area contributed by atoms with Crippen molar-refractivity contribution in [1.29, 1.82) is 0 Å². The average Bonchev–Trinajstić information content (AvgIpc) is 2.45. The number of hydrogen-bond acceptors (Lipinski definition) is 2. The van der Waals surface area contributed by atoms with Gasteiger partial charge in [-0.2, -0.15) is 9.78 Å². The van der Waals surface area contributed by atoms with E-state index in [0.717, 1.165) is 10.1 Å². The Kier molecular flexibility index (Phi) is 1.98. The molecule has 1 heterocycles. The quantitative estimate of drug-likeness (QED) is 0.633. The van der Waals surface area contributed by atoms with Crippen molar-refractivity contribution in [1.82, 2.24) is 9.78 Å². The van der Waals surface area contributed by atoms with Crippen LogP contribution < -0.4 is 0 Å². The van der Waals surface area contributed by atoms with Crippen LogP contribution in [0.4, 0.5) is 4.79 Å². The van der Waals surface area contributed by atoms with E-state index >= 15 is 0 Å². The van der Waals surface area contributed by atoms with Crippen LogP contribution in [0.15, 0.2) is 24.3 Å². The zero-order valence-corrected chi connectivity index (χ0v) is 7.88. The van der Waals surface area contributed by atoms with Crippen LogP contribution in [0.1, 0.15) is 0 Å². The summed E-state index contributed by atoms with van der Waals surface area (Å²) in [6.07, 6.45) is 0. The minimum Gasteiger partial charge on any atom is -0.253 e. The van der Waals surface area contributed by atoms with Crippen molar-refractivity contribution < 1.29 is 4.79 Å². The fourth-order valence-corrected chi connectivity index (χ4v) is 1.53. The molecule has 0 aliphatic heterocycles. The van der Waals surface area contributed by atoms with E-state index in [9.17, 15) is 4.79 Å². The summed E-state index contributed by atoms with van der Waals surface area (Å²) in [6.45, 7) is 0. The van der Waals surface area contributed by atoms with Gasteiger partial charge in [-0.25, -0.2) is 0 Å². The van der Waals surface area contributed by atoms with Crippen molar-refractivity contribution in [2.24, 2.45) is 0 Å². The molecule has 0 radical (unpaired) electrons. The maximum Gasteiger partial charge on any atom is 0.341 e. The molecule has 13 heavy (non-hydrogen) atoms. The van der Waals surface area contributed by atoms with E-state index in [1.54, 1.807) is 18.2 Å². The SMILES string of the molecule is O=C(Cl)n1nc(Cl)c2ccccc21. The number of carbonyl (C=O) groups is 1. The van der Waals surface area contributed by atoms with Gasteiger partial charge in [0.05, 0.1) is 5.52 Å². The molecule has 0 aliphatic carbocycles. The van der Waals surface area contributed by atoms with E-state index in [1.807, 2.05) is 6.07 Å². The maximum absolute atomic E-state index is 10.9. The van der Waals surface area contributed by atoms with Gasteiger partial charge in [-0.3, -0.25) is 4.79 Å². The highest BCUT2D eigenvalue weighted by Gasteiger charge is 2.11. The summed E-state index contributed by atoms with van der Waals surface area (Å²) < 4.78 is 1.07. The number of hydrogen-bond donors (Lipinski definition) is 0. The molecule has 0 unspecified atom stereocenters. The highest BCUT2D eigenvalue weighted by molar-refractivity contribution is 6.63. The third-order valence-corrected chi connectivity index (χ3v) is 2.15. The Morgan fingerprint density at radius 1 is 1.38 bits per heavy atom. The summed E-state index contributed by atoms with van der Waals surface area (Å²) in [7, 11) is 0. The second kappa shape index (κ2) is 3.01. The summed E-state index contributed by atoms with van der Waals surface area (Å²) >= 11 is 11.1. The Labute approximate surface area is 83.9 Å². The van der Waals surface area contributed by atoms with Gasteiger partial charge in [0.15, 0.2) is 5.15 Å². The van der Waals surface area contributed by atoms with Gasteiger partial charge >= 0.3 is 5.37 Å². The van der Waals surface area contributed by atoms with Gasteiger partial charge in [0.2, 0.25) is 0 Å². The molecule has 0 atom stereocenters. The van der Waals surface area contributed by atoms with Gasteiger partial charge in [0, 0.05) is 5.39 Å². The summed E-state index contributed by atoms with van der Waals surface area (Å²) in [5.74, 6) is 0. The lowest BCUT2D eigenvalue weighted by Gasteiger charge is -1.92. The Balaban J connectivity index is 2.85. The topological polar surface area (TPSA) is 34.9 Å². The predicted octanol–water partition coefficient (Wildman–Crippen LogP) is 2.90. The largest absolute Gasteiger partial charge is 0.341 e. The molecule has 0 saturated carbocycles. The first-order chi connectivity index (χ1) is 6.20. The highest BCUT2D eigenvalue weighted by atomic mass is 35.5. The Bertz CT molecular complexity index is 478. The van der Waals surface area contributed by atoms with Gasteiger partial charge in [0.1, 0.15) is 0 Å². The summed E-state index contributed by atoms with van der Waals surface area (Å²) in [5, 5.41) is 4.13. The predicted molar refractivity (Wildman–Crippen MR) is 51.4 cm³/mol. The minimum atomic E-state index is -0.664. The standard InChI is InChI=1S/C8H4Cl2N2O/c9-7-5-3-1-2-4-6(5)12(11-7)8(10)13/h1-4H. The molecule has 1 aromatic carbocycles. The van der Waals surface area contributed by atoms with Crippen LogP contribution in [0.25, 0.3) is 10.9 Å². The van der Waals surface area contributed by atoms with Crippen molar-refractivity contribution in [3.8, 4) is 0 Å². The third-order valence-electron chi connectivity index (χ3n) is 1.71. The maximum atomic E-state index is 10.9. The second-order valence-corrected chi connectivity index (χ2v) is 3.15. The van der Waals surface area contributed by atoms with Crippen molar-refractivity contribution in [3.05, 3.63) is 29.4 Å². The molecule has 1 aromatic heterocycles. The summed E-state index contributed by atoms with van der Waals surface area (Å²) in [4.78, 5) is 10.9. The monoisotopic (exact) mass is 214 g/mol. The first kappa shape index (κ1) is 8.53. The van der Waals surface area contributed by atoms with E-state index in [1.165, 1.54) is 0 Å². The number of rotatable bonds is 0. The first-order valence-corrected chi connectivity index (χ1v) is 4.29. The van der Waals surface area contributed by atoms with Crippen LogP contribution in [-0.2, 0) is 0 Å². The molecule has 66 valence electrons. The number of halogens is 2. The van der Waals surface area contributed by atoms with Crippen LogP contribution in [0, 0.1) is 0 Å². The molecule has 0 N–H and O–H groups in total. The fraction of sp³-hybridized carbons (Fsp3) is 0. The van der Waals surface area contributed by atoms with Crippen molar-refractivity contribution in [2.75, 3.05) is 0 Å². The molecule has 0 amide bonds. The Morgan fingerprint density at radius 3 is 2.77 bits per heavy atom. The van der Waals surface area contributed by atoms with Gasteiger partial charge < -0.3 is 0 Å². The third kappa shape index (κ3) is 1.30. The first-order valence-electron chi connectivity index (χ1n) is 3.53. The van der Waals surface area contributed by atoms with E-state index in [-0.39, 0.29) is 5.15 Å². The Morgan fingerprint density at radius 2 is 2.08 bits per heavy atom. The molecule has 0 fully saturated rings. The number of nitrogens with zero attached hydrogens (tertiary/aromatic N) is 2. The summed E-state index contributed by atoms with van der Waals surface area (Å²) in [5.41, 5.74) is 0.618. The average molecular weight is 215 g/mol. The lowest BCUT2D eigenvalue weighted by atomic mass is 10.3. The molecule has 0 spiro atoms. The van der Waals surface area contributed by atoms with Crippen LogP contribution >= 0.6 is 23.2 Å². The number of benzene rings is 1. The molecule has 5 heteroatoms. The Hall–Kier alpha value is -1.06. The lowest BCUT2D eigenvalue weighted by Crippen LogP contribution is -2.02. The zero-order valence-electron chi connectivity index (χ0n) is 6.37. The minimum absolute atomic E-state index is 0.282. The molecular weight excluding hydrogens is 211 g/mol. The zero-order chi connectivity index (χ0) is 9.42. The molecule has 0 aliphatic rings. The van der Waals surface area contributed by atoms with E-state index in [4.69, 9.17) is 23.2 Å². The van der Waals surface area contributed by atoms with E-state index < -0.39 is 5.37 Å². The molecule has 2 aromatic rings. The molecule has 0 saturated heterocycles. The summed E-state index contributed by atoms with van der Waals surface area (Å²) in [6, 6.07) is 7.12. The van der Waals surface area contributed by atoms with Gasteiger partial charge in [-0.05, 0) is 23.7 Å². The van der Waals surface area contributed by atoms with E-state index in [0.29, 0.717) is 5.52 Å². The van der Waals surface area contributed by atoms with Crippen LogP contribution in [0.2, 0.25) is 5.15 Å². The number of aromatic nitrogens is 2. The van der Waals surface area contributed by atoms with Gasteiger partial charge in [-0.1, -0.05) is 23.7 Å². The lowest BCUT2D eigenvalue weighted by molar-refractivity contribution is 0.259. The molecule has 0 bridgehead atoms. The van der Waals surface area contributed by atoms with E-state index in [2.05, 4.69) is 5.10 Å². The van der Waals surface area contributed by atoms with Gasteiger partial charge in [-0.15, -0.1) is 0 Å².